The van der Waals surface area contributed by atoms with Crippen LogP contribution in [0, 0.1) is 11.3 Å². The quantitative estimate of drug-likeness (QED) is 0.797. The first-order valence-electron chi connectivity index (χ1n) is 5.14. The molecule has 0 atom stereocenters. The fourth-order valence-corrected chi connectivity index (χ4v) is 1.21. The number of halogens is 3. The minimum atomic E-state index is -4.21. The van der Waals surface area contributed by atoms with Gasteiger partial charge in [0.25, 0.3) is 0 Å². The van der Waals surface area contributed by atoms with Crippen LogP contribution in [0.5, 0.6) is 0 Å². The molecule has 0 amide bonds. The van der Waals surface area contributed by atoms with E-state index in [1.165, 1.54) is 6.20 Å². The van der Waals surface area contributed by atoms with Crippen molar-refractivity contribution in [2.24, 2.45) is 0 Å². The lowest BCUT2D eigenvalue weighted by molar-refractivity contribution is -0.124. The molecule has 98 valence electrons. The van der Waals surface area contributed by atoms with Crippen molar-refractivity contribution in [2.75, 3.05) is 31.6 Å². The lowest BCUT2D eigenvalue weighted by atomic mass is 10.4. The van der Waals surface area contributed by atoms with Crippen LogP contribution in [0.25, 0.3) is 0 Å². The zero-order valence-electron chi connectivity index (χ0n) is 9.70. The maximum atomic E-state index is 11.9. The number of hydrogen-bond acceptors (Lipinski definition) is 5. The van der Waals surface area contributed by atoms with Gasteiger partial charge in [-0.3, -0.25) is 0 Å². The minimum absolute atomic E-state index is 0.0302. The third kappa shape index (κ3) is 4.97. The topological polar surface area (TPSA) is 64.8 Å². The molecule has 1 rings (SSSR count). The Morgan fingerprint density at radius 1 is 1.50 bits per heavy atom. The summed E-state index contributed by atoms with van der Waals surface area (Å²) >= 11 is 0. The number of alkyl halides is 3. The SMILES string of the molecule is CN(CCNCC(F)(F)F)c1ccnc(C#N)n1. The van der Waals surface area contributed by atoms with Crippen LogP contribution >= 0.6 is 0 Å². The second kappa shape index (κ2) is 6.16. The second-order valence-electron chi connectivity index (χ2n) is 3.56. The lowest BCUT2D eigenvalue weighted by Gasteiger charge is -2.18. The number of anilines is 1. The van der Waals surface area contributed by atoms with Crippen LogP contribution in [0.3, 0.4) is 0 Å². The molecule has 0 aliphatic rings. The average molecular weight is 259 g/mol. The Morgan fingerprint density at radius 2 is 2.22 bits per heavy atom. The van der Waals surface area contributed by atoms with Gasteiger partial charge in [0.1, 0.15) is 11.9 Å². The Balaban J connectivity index is 2.41. The molecule has 0 aliphatic carbocycles. The number of hydrogen-bond donors (Lipinski definition) is 1. The van der Waals surface area contributed by atoms with E-state index in [0.29, 0.717) is 12.4 Å². The van der Waals surface area contributed by atoms with Gasteiger partial charge in [-0.1, -0.05) is 0 Å². The monoisotopic (exact) mass is 259 g/mol. The van der Waals surface area contributed by atoms with Crippen LogP contribution in [-0.2, 0) is 0 Å². The van der Waals surface area contributed by atoms with Crippen molar-refractivity contribution < 1.29 is 13.2 Å². The Hall–Kier alpha value is -1.88. The number of aromatic nitrogens is 2. The standard InChI is InChI=1S/C10H12F3N5/c1-18(5-4-15-7-10(11,12)13)9-2-3-16-8(6-14)17-9/h2-3,15H,4-5,7H2,1H3. The van der Waals surface area contributed by atoms with Gasteiger partial charge in [-0.25, -0.2) is 9.97 Å². The van der Waals surface area contributed by atoms with E-state index in [-0.39, 0.29) is 12.4 Å². The molecule has 0 aromatic carbocycles. The fraction of sp³-hybridized carbons (Fsp3) is 0.500. The number of nitrogens with one attached hydrogen (secondary N) is 1. The van der Waals surface area contributed by atoms with Crippen molar-refractivity contribution in [1.29, 1.82) is 5.26 Å². The van der Waals surface area contributed by atoms with Gasteiger partial charge in [0, 0.05) is 26.3 Å². The highest BCUT2D eigenvalue weighted by molar-refractivity contribution is 5.37. The maximum absolute atomic E-state index is 11.9. The number of likely N-dealkylation sites (N-methyl/N-ethyl adjacent to an activating group) is 1. The van der Waals surface area contributed by atoms with E-state index >= 15 is 0 Å². The van der Waals surface area contributed by atoms with Gasteiger partial charge in [0.15, 0.2) is 0 Å². The molecule has 0 fully saturated rings. The van der Waals surface area contributed by atoms with Crippen molar-refractivity contribution in [3.05, 3.63) is 18.1 Å². The summed E-state index contributed by atoms with van der Waals surface area (Å²) in [5.74, 6) is 0.526. The van der Waals surface area contributed by atoms with E-state index in [9.17, 15) is 13.2 Å². The Bertz CT molecular complexity index is 426. The van der Waals surface area contributed by atoms with E-state index in [2.05, 4.69) is 15.3 Å². The Morgan fingerprint density at radius 3 is 2.83 bits per heavy atom. The molecule has 5 nitrogen and oxygen atoms in total. The van der Waals surface area contributed by atoms with E-state index in [4.69, 9.17) is 5.26 Å². The first kappa shape index (κ1) is 14.2. The van der Waals surface area contributed by atoms with Gasteiger partial charge >= 0.3 is 6.18 Å². The molecule has 1 aromatic heterocycles. The normalized spacial score (nSPS) is 11.1. The van der Waals surface area contributed by atoms with Crippen molar-refractivity contribution in [1.82, 2.24) is 15.3 Å². The van der Waals surface area contributed by atoms with Crippen LogP contribution in [0.4, 0.5) is 19.0 Å². The molecule has 18 heavy (non-hydrogen) atoms. The Labute approximate surface area is 102 Å². The zero-order valence-corrected chi connectivity index (χ0v) is 9.70. The van der Waals surface area contributed by atoms with Gasteiger partial charge in [-0.15, -0.1) is 0 Å². The van der Waals surface area contributed by atoms with Crippen LogP contribution in [-0.4, -0.2) is 42.8 Å². The average Bonchev–Trinajstić information content (AvgIpc) is 2.33. The minimum Gasteiger partial charge on any atom is -0.358 e. The van der Waals surface area contributed by atoms with Crippen LogP contribution < -0.4 is 10.2 Å². The lowest BCUT2D eigenvalue weighted by Crippen LogP contribution is -2.35. The maximum Gasteiger partial charge on any atom is 0.401 e. The first-order valence-corrected chi connectivity index (χ1v) is 5.14. The molecule has 1 N–H and O–H groups in total. The van der Waals surface area contributed by atoms with Crippen LogP contribution in [0.15, 0.2) is 12.3 Å². The highest BCUT2D eigenvalue weighted by Crippen LogP contribution is 2.12. The predicted octanol–water partition coefficient (Wildman–Crippen LogP) is 0.936. The van der Waals surface area contributed by atoms with Gasteiger partial charge in [-0.05, 0) is 6.07 Å². The third-order valence-electron chi connectivity index (χ3n) is 2.08. The van der Waals surface area contributed by atoms with Gasteiger partial charge < -0.3 is 10.2 Å². The van der Waals surface area contributed by atoms with Crippen LogP contribution in [0.2, 0.25) is 0 Å². The molecular weight excluding hydrogens is 247 g/mol. The van der Waals surface area contributed by atoms with Gasteiger partial charge in [-0.2, -0.15) is 18.4 Å². The molecule has 0 saturated heterocycles. The van der Waals surface area contributed by atoms with Crippen molar-refractivity contribution in [3.8, 4) is 6.07 Å². The van der Waals surface area contributed by atoms with Crippen LogP contribution in [0.1, 0.15) is 5.82 Å². The summed E-state index contributed by atoms with van der Waals surface area (Å²) in [6.45, 7) is -0.506. The molecule has 0 aliphatic heterocycles. The molecule has 1 heterocycles. The molecule has 8 heteroatoms. The summed E-state index contributed by atoms with van der Waals surface area (Å²) in [5, 5.41) is 10.9. The molecule has 0 radical (unpaired) electrons. The number of nitrogens with zero attached hydrogens (tertiary/aromatic N) is 4. The highest BCUT2D eigenvalue weighted by atomic mass is 19.4. The van der Waals surface area contributed by atoms with Crippen molar-refractivity contribution in [3.63, 3.8) is 0 Å². The highest BCUT2D eigenvalue weighted by Gasteiger charge is 2.25. The first-order chi connectivity index (χ1) is 8.42. The molecule has 0 bridgehead atoms. The van der Waals surface area contributed by atoms with Gasteiger partial charge in [0.2, 0.25) is 5.82 Å². The molecule has 0 saturated carbocycles. The van der Waals surface area contributed by atoms with E-state index in [1.807, 2.05) is 0 Å². The summed E-state index contributed by atoms with van der Waals surface area (Å²) in [6.07, 6.45) is -2.78. The predicted molar refractivity (Wildman–Crippen MR) is 58.9 cm³/mol. The third-order valence-corrected chi connectivity index (χ3v) is 2.08. The zero-order chi connectivity index (χ0) is 13.6. The van der Waals surface area contributed by atoms with E-state index < -0.39 is 12.7 Å². The van der Waals surface area contributed by atoms with Crippen molar-refractivity contribution in [2.45, 2.75) is 6.18 Å². The molecule has 0 unspecified atom stereocenters. The summed E-state index contributed by atoms with van der Waals surface area (Å²) in [4.78, 5) is 9.27. The second-order valence-corrected chi connectivity index (χ2v) is 3.56. The molecule has 1 aromatic rings. The largest absolute Gasteiger partial charge is 0.401 e. The van der Waals surface area contributed by atoms with E-state index in [0.717, 1.165) is 0 Å². The summed E-state index contributed by atoms with van der Waals surface area (Å²) < 4.78 is 35.6. The summed E-state index contributed by atoms with van der Waals surface area (Å²) in [5.41, 5.74) is 0. The van der Waals surface area contributed by atoms with E-state index in [1.54, 1.807) is 24.1 Å². The number of rotatable bonds is 5. The summed E-state index contributed by atoms with van der Waals surface area (Å²) in [7, 11) is 1.68. The van der Waals surface area contributed by atoms with Crippen molar-refractivity contribution >= 4 is 5.82 Å². The molecular formula is C10H12F3N5. The smallest absolute Gasteiger partial charge is 0.358 e. The van der Waals surface area contributed by atoms with Gasteiger partial charge in [0.05, 0.1) is 6.54 Å². The Kier molecular flexibility index (Phi) is 4.85. The number of nitriles is 1. The fourth-order valence-electron chi connectivity index (χ4n) is 1.21. The molecule has 0 spiro atoms. The summed E-state index contributed by atoms with van der Waals surface area (Å²) in [6, 6.07) is 3.38.